The molecule has 0 fully saturated rings. The molecular weight excluding hydrogens is 344 g/mol. The summed E-state index contributed by atoms with van der Waals surface area (Å²) < 4.78 is 10.4. The Kier molecular flexibility index (Phi) is 5.68. The van der Waals surface area contributed by atoms with Crippen molar-refractivity contribution in [2.24, 2.45) is 5.10 Å². The van der Waals surface area contributed by atoms with E-state index >= 15 is 0 Å². The molecule has 1 N–H and O–H groups in total. The van der Waals surface area contributed by atoms with Gasteiger partial charge in [-0.3, -0.25) is 25.7 Å². The van der Waals surface area contributed by atoms with Crippen LogP contribution in [0.5, 0.6) is 11.5 Å². The molecule has 0 atom stereocenters. The van der Waals surface area contributed by atoms with E-state index in [-0.39, 0.29) is 11.4 Å². The average Bonchev–Trinajstić information content (AvgIpc) is 2.64. The van der Waals surface area contributed by atoms with Crippen molar-refractivity contribution in [1.29, 1.82) is 0 Å². The van der Waals surface area contributed by atoms with E-state index in [4.69, 9.17) is 9.47 Å². The fraction of sp³-hybridized carbons (Fsp3) is 0.188. The number of ether oxygens (including phenoxy) is 2. The van der Waals surface area contributed by atoms with Gasteiger partial charge in [-0.1, -0.05) is 0 Å². The van der Waals surface area contributed by atoms with Crippen LogP contribution >= 0.6 is 0 Å². The zero-order chi connectivity index (χ0) is 19.3. The Morgan fingerprint density at radius 3 is 2.27 bits per heavy atom. The minimum atomic E-state index is -0.712. The summed E-state index contributed by atoms with van der Waals surface area (Å²) in [6.07, 6.45) is 0. The molecule has 0 bridgehead atoms. The molecule has 136 valence electrons. The fourth-order valence-electron chi connectivity index (χ4n) is 2.15. The average molecular weight is 360 g/mol. The summed E-state index contributed by atoms with van der Waals surface area (Å²) in [5.41, 5.74) is 3.04. The largest absolute Gasteiger partial charge is 0.493 e. The SMILES string of the molecule is COc1ccc(/C(C)=N/Nc2ccc([N+](=O)[O-])cc2[N+](=O)[O-])cc1OC. The number of rotatable bonds is 7. The number of nitrogens with zero attached hydrogens (tertiary/aromatic N) is 3. The molecule has 0 saturated carbocycles. The standard InChI is InChI=1S/C16H16N4O6/c1-10(11-4-7-15(25-2)16(8-11)26-3)17-18-13-6-5-12(19(21)22)9-14(13)20(23)24/h4-9,18H,1-3H3/b17-10+. The lowest BCUT2D eigenvalue weighted by Gasteiger charge is -2.09. The normalized spacial score (nSPS) is 11.0. The van der Waals surface area contributed by atoms with Gasteiger partial charge in [-0.2, -0.15) is 5.10 Å². The van der Waals surface area contributed by atoms with Crippen molar-refractivity contribution in [1.82, 2.24) is 0 Å². The first-order valence-corrected chi connectivity index (χ1v) is 7.33. The van der Waals surface area contributed by atoms with Crippen LogP contribution in [0.4, 0.5) is 17.1 Å². The predicted molar refractivity (Wildman–Crippen MR) is 95.1 cm³/mol. The van der Waals surface area contributed by atoms with Gasteiger partial charge in [0.05, 0.1) is 35.8 Å². The van der Waals surface area contributed by atoms with Gasteiger partial charge in [-0.15, -0.1) is 0 Å². The Hall–Kier alpha value is -3.69. The quantitative estimate of drug-likeness (QED) is 0.455. The Labute approximate surface area is 148 Å². The number of methoxy groups -OCH3 is 2. The number of benzene rings is 2. The van der Waals surface area contributed by atoms with Crippen molar-refractivity contribution in [3.8, 4) is 11.5 Å². The summed E-state index contributed by atoms with van der Waals surface area (Å²) in [7, 11) is 3.03. The van der Waals surface area contributed by atoms with Crippen molar-refractivity contribution in [3.63, 3.8) is 0 Å². The minimum absolute atomic E-state index is 0.0421. The summed E-state index contributed by atoms with van der Waals surface area (Å²) in [6.45, 7) is 1.70. The third-order valence-corrected chi connectivity index (χ3v) is 3.53. The number of non-ortho nitro benzene ring substituents is 1. The van der Waals surface area contributed by atoms with E-state index in [0.29, 0.717) is 22.8 Å². The molecular formula is C16H16N4O6. The molecule has 0 unspecified atom stereocenters. The van der Waals surface area contributed by atoms with Crippen molar-refractivity contribution in [3.05, 3.63) is 62.2 Å². The van der Waals surface area contributed by atoms with E-state index in [9.17, 15) is 20.2 Å². The van der Waals surface area contributed by atoms with Crippen molar-refractivity contribution < 1.29 is 19.3 Å². The second-order valence-corrected chi connectivity index (χ2v) is 5.09. The summed E-state index contributed by atoms with van der Waals surface area (Å²) in [4.78, 5) is 20.5. The fourth-order valence-corrected chi connectivity index (χ4v) is 2.15. The van der Waals surface area contributed by atoms with Crippen LogP contribution in [0.3, 0.4) is 0 Å². The highest BCUT2D eigenvalue weighted by molar-refractivity contribution is 5.99. The molecule has 0 amide bonds. The summed E-state index contributed by atoms with van der Waals surface area (Å²) in [6, 6.07) is 8.46. The molecule has 10 heteroatoms. The molecule has 2 aromatic rings. The zero-order valence-corrected chi connectivity index (χ0v) is 14.3. The van der Waals surface area contributed by atoms with E-state index in [1.165, 1.54) is 20.3 Å². The summed E-state index contributed by atoms with van der Waals surface area (Å²) in [5, 5.41) is 26.0. The molecule has 0 heterocycles. The molecule has 0 saturated heterocycles. The maximum atomic E-state index is 11.1. The maximum Gasteiger partial charge on any atom is 0.301 e. The van der Waals surface area contributed by atoms with Crippen LogP contribution in [0.15, 0.2) is 41.5 Å². The minimum Gasteiger partial charge on any atom is -0.493 e. The molecule has 0 aliphatic rings. The highest BCUT2D eigenvalue weighted by atomic mass is 16.6. The van der Waals surface area contributed by atoms with Crippen LogP contribution < -0.4 is 14.9 Å². The van der Waals surface area contributed by atoms with Crippen LogP contribution in [0.2, 0.25) is 0 Å². The van der Waals surface area contributed by atoms with Gasteiger partial charge in [0, 0.05) is 11.6 Å². The van der Waals surface area contributed by atoms with Crippen molar-refractivity contribution >= 4 is 22.8 Å². The van der Waals surface area contributed by atoms with E-state index in [2.05, 4.69) is 10.5 Å². The summed E-state index contributed by atoms with van der Waals surface area (Å²) in [5.74, 6) is 1.07. The first-order valence-electron chi connectivity index (χ1n) is 7.33. The van der Waals surface area contributed by atoms with Crippen molar-refractivity contribution in [2.75, 3.05) is 19.6 Å². The molecule has 26 heavy (non-hydrogen) atoms. The first kappa shape index (κ1) is 18.6. The second-order valence-electron chi connectivity index (χ2n) is 5.09. The number of nitrogens with one attached hydrogen (secondary N) is 1. The van der Waals surface area contributed by atoms with Gasteiger partial charge < -0.3 is 9.47 Å². The number of anilines is 1. The van der Waals surface area contributed by atoms with Gasteiger partial charge in [0.25, 0.3) is 5.69 Å². The van der Waals surface area contributed by atoms with Gasteiger partial charge in [-0.05, 0) is 31.2 Å². The Morgan fingerprint density at radius 2 is 1.69 bits per heavy atom. The third-order valence-electron chi connectivity index (χ3n) is 3.53. The van der Waals surface area contributed by atoms with Crippen molar-refractivity contribution in [2.45, 2.75) is 6.92 Å². The van der Waals surface area contributed by atoms with Crippen LogP contribution in [0.25, 0.3) is 0 Å². The molecule has 2 rings (SSSR count). The number of nitro groups is 2. The molecule has 0 aliphatic carbocycles. The number of hydrogen-bond acceptors (Lipinski definition) is 8. The Bertz CT molecular complexity index is 881. The van der Waals surface area contributed by atoms with Crippen LogP contribution in [0.1, 0.15) is 12.5 Å². The highest BCUT2D eigenvalue weighted by Gasteiger charge is 2.19. The molecule has 2 aromatic carbocycles. The third kappa shape index (κ3) is 4.04. The topological polar surface area (TPSA) is 129 Å². The Morgan fingerprint density at radius 1 is 1.00 bits per heavy atom. The van der Waals surface area contributed by atoms with Gasteiger partial charge in [0.15, 0.2) is 11.5 Å². The van der Waals surface area contributed by atoms with Gasteiger partial charge in [0.2, 0.25) is 0 Å². The summed E-state index contributed by atoms with van der Waals surface area (Å²) >= 11 is 0. The molecule has 10 nitrogen and oxygen atoms in total. The smallest absolute Gasteiger partial charge is 0.301 e. The predicted octanol–water partition coefficient (Wildman–Crippen LogP) is 3.36. The molecule has 0 spiro atoms. The Balaban J connectivity index is 2.31. The lowest BCUT2D eigenvalue weighted by Crippen LogP contribution is -2.03. The molecule has 0 radical (unpaired) electrons. The van der Waals surface area contributed by atoms with Crippen LogP contribution in [0, 0.1) is 20.2 Å². The van der Waals surface area contributed by atoms with Gasteiger partial charge in [0.1, 0.15) is 5.69 Å². The first-order chi connectivity index (χ1) is 12.4. The lowest BCUT2D eigenvalue weighted by atomic mass is 10.1. The number of nitro benzene ring substituents is 2. The molecule has 0 aromatic heterocycles. The van der Waals surface area contributed by atoms with Crippen LogP contribution in [-0.4, -0.2) is 29.8 Å². The number of hydrazone groups is 1. The van der Waals surface area contributed by atoms with E-state index in [1.54, 1.807) is 25.1 Å². The van der Waals surface area contributed by atoms with E-state index in [1.807, 2.05) is 0 Å². The van der Waals surface area contributed by atoms with E-state index in [0.717, 1.165) is 12.1 Å². The zero-order valence-electron chi connectivity index (χ0n) is 14.3. The van der Waals surface area contributed by atoms with E-state index < -0.39 is 15.5 Å². The van der Waals surface area contributed by atoms with Gasteiger partial charge >= 0.3 is 5.69 Å². The lowest BCUT2D eigenvalue weighted by molar-refractivity contribution is -0.393. The highest BCUT2D eigenvalue weighted by Crippen LogP contribution is 2.30. The number of hydrogen-bond donors (Lipinski definition) is 1. The monoisotopic (exact) mass is 360 g/mol. The maximum absolute atomic E-state index is 11.1. The van der Waals surface area contributed by atoms with Crippen LogP contribution in [-0.2, 0) is 0 Å². The van der Waals surface area contributed by atoms with Gasteiger partial charge in [-0.25, -0.2) is 0 Å². The second kappa shape index (κ2) is 7.92. The molecule has 0 aliphatic heterocycles.